The number of anilines is 1. The molecule has 144 valence electrons. The van der Waals surface area contributed by atoms with E-state index in [1.807, 2.05) is 0 Å². The number of nitrogens with one attached hydrogen (secondary N) is 1. The zero-order valence-corrected chi connectivity index (χ0v) is 16.2. The normalized spacial score (nSPS) is 11.7. The monoisotopic (exact) mass is 414 g/mol. The molecule has 9 nitrogen and oxygen atoms in total. The highest BCUT2D eigenvalue weighted by Gasteiger charge is 2.24. The molecular weight excluding hydrogens is 399 g/mol. The summed E-state index contributed by atoms with van der Waals surface area (Å²) < 4.78 is 6.23. The average molecular weight is 415 g/mol. The molecule has 0 saturated heterocycles. The summed E-state index contributed by atoms with van der Waals surface area (Å²) in [5.74, 6) is -1.34. The van der Waals surface area contributed by atoms with Gasteiger partial charge in [-0.15, -0.1) is 0 Å². The van der Waals surface area contributed by atoms with Gasteiger partial charge in [-0.1, -0.05) is 23.2 Å². The number of halogens is 2. The maximum absolute atomic E-state index is 12.2. The van der Waals surface area contributed by atoms with Gasteiger partial charge in [0.2, 0.25) is 0 Å². The number of nitrogens with zero attached hydrogens (tertiary/aromatic N) is 3. The zero-order valence-electron chi connectivity index (χ0n) is 14.7. The molecule has 27 heavy (non-hydrogen) atoms. The van der Waals surface area contributed by atoms with Crippen molar-refractivity contribution in [1.29, 1.82) is 0 Å². The van der Waals surface area contributed by atoms with E-state index in [-0.39, 0.29) is 23.6 Å². The molecule has 0 aliphatic heterocycles. The molecule has 1 amide bonds. The summed E-state index contributed by atoms with van der Waals surface area (Å²) in [7, 11) is 0. The Balaban J connectivity index is 2.00. The summed E-state index contributed by atoms with van der Waals surface area (Å²) >= 11 is 11.7. The highest BCUT2D eigenvalue weighted by molar-refractivity contribution is 6.35. The molecule has 2 aromatic rings. The minimum atomic E-state index is -1.11. The van der Waals surface area contributed by atoms with E-state index in [1.54, 1.807) is 0 Å². The van der Waals surface area contributed by atoms with Crippen LogP contribution in [0.3, 0.4) is 0 Å². The molecule has 0 spiro atoms. The van der Waals surface area contributed by atoms with Crippen molar-refractivity contribution in [3.05, 3.63) is 49.7 Å². The Morgan fingerprint density at radius 2 is 1.89 bits per heavy atom. The molecule has 0 aliphatic rings. The number of amides is 1. The van der Waals surface area contributed by atoms with Gasteiger partial charge in [-0.05, 0) is 39.0 Å². The first-order chi connectivity index (χ1) is 12.6. The van der Waals surface area contributed by atoms with Crippen molar-refractivity contribution >= 4 is 46.5 Å². The van der Waals surface area contributed by atoms with Crippen molar-refractivity contribution in [2.24, 2.45) is 0 Å². The van der Waals surface area contributed by atoms with Crippen molar-refractivity contribution in [2.75, 3.05) is 5.32 Å². The Bertz CT molecular complexity index is 892. The van der Waals surface area contributed by atoms with Crippen LogP contribution in [0.4, 0.5) is 11.4 Å². The topological polar surface area (TPSA) is 116 Å². The van der Waals surface area contributed by atoms with E-state index < -0.39 is 22.9 Å². The third-order valence-corrected chi connectivity index (χ3v) is 4.05. The first kappa shape index (κ1) is 20.7. The van der Waals surface area contributed by atoms with Crippen LogP contribution >= 0.6 is 23.2 Å². The van der Waals surface area contributed by atoms with Gasteiger partial charge in [-0.25, -0.2) is 0 Å². The minimum Gasteiger partial charge on any atom is -0.451 e. The molecule has 1 heterocycles. The quantitative estimate of drug-likeness (QED) is 0.440. The van der Waals surface area contributed by atoms with Crippen LogP contribution in [-0.4, -0.2) is 32.7 Å². The van der Waals surface area contributed by atoms with E-state index >= 15 is 0 Å². The lowest BCUT2D eigenvalue weighted by Gasteiger charge is -2.14. The van der Waals surface area contributed by atoms with Crippen LogP contribution in [0.1, 0.15) is 18.3 Å². The number of hydrogen-bond donors (Lipinski definition) is 1. The van der Waals surface area contributed by atoms with Crippen molar-refractivity contribution in [3.8, 4) is 0 Å². The standard InChI is InChI=1S/C16H16Cl2N4O5/c1-8-15(22(25)26)9(2)21(20-8)7-14(23)27-10(3)16(24)19-13-5-11(17)4-12(18)6-13/h4-6,10H,7H2,1-3H3,(H,19,24)/t10-/m1/s1. The third kappa shape index (κ3) is 5.18. The van der Waals surface area contributed by atoms with E-state index in [9.17, 15) is 19.7 Å². The average Bonchev–Trinajstić information content (AvgIpc) is 2.79. The Kier molecular flexibility index (Phi) is 6.40. The molecule has 2 rings (SSSR count). The molecule has 0 saturated carbocycles. The van der Waals surface area contributed by atoms with Crippen LogP contribution in [-0.2, 0) is 20.9 Å². The van der Waals surface area contributed by atoms with Gasteiger partial charge in [-0.3, -0.25) is 24.4 Å². The number of nitro groups is 1. The van der Waals surface area contributed by atoms with Gasteiger partial charge >= 0.3 is 11.7 Å². The van der Waals surface area contributed by atoms with Gasteiger partial charge in [0.05, 0.1) is 4.92 Å². The molecule has 0 unspecified atom stereocenters. The SMILES string of the molecule is Cc1nn(CC(=O)O[C@H](C)C(=O)Nc2cc(Cl)cc(Cl)c2)c(C)c1[N+](=O)[O-]. The molecule has 11 heteroatoms. The molecule has 1 aromatic carbocycles. The molecule has 0 radical (unpaired) electrons. The van der Waals surface area contributed by atoms with Gasteiger partial charge in [-0.2, -0.15) is 5.10 Å². The lowest BCUT2D eigenvalue weighted by atomic mass is 10.3. The summed E-state index contributed by atoms with van der Waals surface area (Å²) in [6.07, 6.45) is -1.11. The van der Waals surface area contributed by atoms with E-state index in [0.29, 0.717) is 15.7 Å². The number of carbonyl (C=O) groups excluding carboxylic acids is 2. The zero-order chi connectivity index (χ0) is 20.3. The minimum absolute atomic E-state index is 0.161. The highest BCUT2D eigenvalue weighted by atomic mass is 35.5. The number of hydrogen-bond acceptors (Lipinski definition) is 6. The number of ether oxygens (including phenoxy) is 1. The van der Waals surface area contributed by atoms with Crippen LogP contribution < -0.4 is 5.32 Å². The number of benzene rings is 1. The van der Waals surface area contributed by atoms with Crippen LogP contribution in [0.2, 0.25) is 10.0 Å². The second kappa shape index (κ2) is 8.36. The first-order valence-electron chi connectivity index (χ1n) is 7.73. The van der Waals surface area contributed by atoms with E-state index in [2.05, 4.69) is 10.4 Å². The number of aryl methyl sites for hydroxylation is 1. The van der Waals surface area contributed by atoms with E-state index in [1.165, 1.54) is 39.0 Å². The summed E-state index contributed by atoms with van der Waals surface area (Å²) in [6, 6.07) is 4.50. The number of aromatic nitrogens is 2. The van der Waals surface area contributed by atoms with E-state index in [0.717, 1.165) is 4.68 Å². The predicted octanol–water partition coefficient (Wildman–Crippen LogP) is 3.29. The van der Waals surface area contributed by atoms with Crippen molar-refractivity contribution in [3.63, 3.8) is 0 Å². The van der Waals surface area contributed by atoms with E-state index in [4.69, 9.17) is 27.9 Å². The maximum Gasteiger partial charge on any atom is 0.328 e. The molecule has 0 aliphatic carbocycles. The van der Waals surface area contributed by atoms with Gasteiger partial charge in [0.25, 0.3) is 5.91 Å². The lowest BCUT2D eigenvalue weighted by Crippen LogP contribution is -2.31. The number of esters is 1. The molecule has 0 fully saturated rings. The van der Waals surface area contributed by atoms with Crippen molar-refractivity contribution < 1.29 is 19.2 Å². The highest BCUT2D eigenvalue weighted by Crippen LogP contribution is 2.23. The van der Waals surface area contributed by atoms with Gasteiger partial charge in [0, 0.05) is 15.7 Å². The summed E-state index contributed by atoms with van der Waals surface area (Å²) in [4.78, 5) is 34.6. The van der Waals surface area contributed by atoms with Gasteiger partial charge in [0.15, 0.2) is 6.10 Å². The molecule has 0 bridgehead atoms. The predicted molar refractivity (Wildman–Crippen MR) is 99.0 cm³/mol. The first-order valence-corrected chi connectivity index (χ1v) is 8.49. The second-order valence-corrected chi connectivity index (χ2v) is 6.59. The second-order valence-electron chi connectivity index (χ2n) is 5.71. The van der Waals surface area contributed by atoms with Crippen molar-refractivity contribution in [1.82, 2.24) is 9.78 Å². The largest absolute Gasteiger partial charge is 0.451 e. The van der Waals surface area contributed by atoms with Crippen LogP contribution in [0, 0.1) is 24.0 Å². The van der Waals surface area contributed by atoms with Gasteiger partial charge in [0.1, 0.15) is 17.9 Å². The fraction of sp³-hybridized carbons (Fsp3) is 0.312. The fourth-order valence-electron chi connectivity index (χ4n) is 2.39. The Morgan fingerprint density at radius 1 is 1.30 bits per heavy atom. The van der Waals surface area contributed by atoms with Crippen LogP contribution in [0.25, 0.3) is 0 Å². The third-order valence-electron chi connectivity index (χ3n) is 3.61. The Labute approximate surface area is 164 Å². The number of carbonyl (C=O) groups is 2. The fourth-order valence-corrected chi connectivity index (χ4v) is 2.91. The smallest absolute Gasteiger partial charge is 0.328 e. The summed E-state index contributed by atoms with van der Waals surface area (Å²) in [5, 5.41) is 18.2. The lowest BCUT2D eigenvalue weighted by molar-refractivity contribution is -0.386. The summed E-state index contributed by atoms with van der Waals surface area (Å²) in [5.41, 5.74) is 0.607. The van der Waals surface area contributed by atoms with Gasteiger partial charge < -0.3 is 10.1 Å². The molecule has 1 aromatic heterocycles. The number of rotatable bonds is 6. The van der Waals surface area contributed by atoms with Crippen LogP contribution in [0.5, 0.6) is 0 Å². The molecule has 1 atom stereocenters. The Hall–Kier alpha value is -2.65. The molecular formula is C16H16Cl2N4O5. The van der Waals surface area contributed by atoms with Crippen molar-refractivity contribution in [2.45, 2.75) is 33.4 Å². The van der Waals surface area contributed by atoms with Crippen LogP contribution in [0.15, 0.2) is 18.2 Å². The summed E-state index contributed by atoms with van der Waals surface area (Å²) in [6.45, 7) is 3.98. The Morgan fingerprint density at radius 3 is 2.41 bits per heavy atom. The molecule has 1 N–H and O–H groups in total. The maximum atomic E-state index is 12.2.